The van der Waals surface area contributed by atoms with E-state index in [2.05, 4.69) is 20.9 Å². The molecule has 0 saturated heterocycles. The second-order valence-corrected chi connectivity index (χ2v) is 11.4. The van der Waals surface area contributed by atoms with E-state index < -0.39 is 53.8 Å². The van der Waals surface area contributed by atoms with E-state index in [1.807, 2.05) is 18.2 Å². The minimum absolute atomic E-state index is 0.0106. The molecule has 14 heteroatoms. The van der Waals surface area contributed by atoms with E-state index in [0.717, 1.165) is 10.9 Å². The summed E-state index contributed by atoms with van der Waals surface area (Å²) in [6.45, 7) is 0. The van der Waals surface area contributed by atoms with Crippen molar-refractivity contribution in [2.75, 3.05) is 0 Å². The molecule has 1 heterocycles. The molecule has 0 radical (unpaired) electrons. The van der Waals surface area contributed by atoms with Crippen LogP contribution in [-0.2, 0) is 43.2 Å². The summed E-state index contributed by atoms with van der Waals surface area (Å²) in [6, 6.07) is 14.2. The van der Waals surface area contributed by atoms with Crippen LogP contribution < -0.4 is 27.4 Å². The van der Waals surface area contributed by atoms with Gasteiger partial charge in [0.2, 0.25) is 23.6 Å². The zero-order valence-corrected chi connectivity index (χ0v) is 25.9. The van der Waals surface area contributed by atoms with Gasteiger partial charge in [-0.2, -0.15) is 0 Å². The van der Waals surface area contributed by atoms with Gasteiger partial charge in [-0.3, -0.25) is 19.2 Å². The van der Waals surface area contributed by atoms with Gasteiger partial charge in [-0.25, -0.2) is 4.79 Å². The van der Waals surface area contributed by atoms with Crippen molar-refractivity contribution in [3.8, 4) is 11.5 Å². The van der Waals surface area contributed by atoms with Crippen molar-refractivity contribution in [1.29, 1.82) is 0 Å². The molecule has 4 aromatic rings. The summed E-state index contributed by atoms with van der Waals surface area (Å²) < 4.78 is 0. The first-order valence-corrected chi connectivity index (χ1v) is 15.2. The minimum Gasteiger partial charge on any atom is -0.508 e. The summed E-state index contributed by atoms with van der Waals surface area (Å²) >= 11 is 0. The molecule has 4 rings (SSSR count). The Kier molecular flexibility index (Phi) is 11.7. The van der Waals surface area contributed by atoms with Gasteiger partial charge in [0, 0.05) is 36.4 Å². The number of carbonyl (C=O) groups excluding carboxylic acids is 4. The summed E-state index contributed by atoms with van der Waals surface area (Å²) in [5, 5.41) is 37.6. The molecule has 0 aliphatic heterocycles. The van der Waals surface area contributed by atoms with E-state index in [1.165, 1.54) is 24.3 Å². The van der Waals surface area contributed by atoms with E-state index >= 15 is 0 Å². The highest BCUT2D eigenvalue weighted by molar-refractivity contribution is 5.95. The molecular weight excluding hydrogens is 620 g/mol. The van der Waals surface area contributed by atoms with Gasteiger partial charge in [-0.1, -0.05) is 42.5 Å². The number of fused-ring (bicyclic) bond motifs is 1. The zero-order chi connectivity index (χ0) is 34.8. The molecule has 11 N–H and O–H groups in total. The van der Waals surface area contributed by atoms with Gasteiger partial charge in [-0.05, 0) is 59.9 Å². The molecule has 0 aliphatic rings. The smallest absolute Gasteiger partial charge is 0.326 e. The van der Waals surface area contributed by atoms with Crippen LogP contribution in [0.3, 0.4) is 0 Å². The number of phenols is 2. The number of carboxylic acids is 1. The Morgan fingerprint density at radius 3 is 1.83 bits per heavy atom. The maximum atomic E-state index is 13.7. The average molecular weight is 659 g/mol. The molecule has 4 atom stereocenters. The number of benzene rings is 3. The molecule has 0 aliphatic carbocycles. The standard InChI is InChI=1S/C34H38N6O8/c35-25(15-19-5-9-22(41)10-6-19)31(44)39-28(16-20-7-11-23(42)12-8-20)33(46)38-27(13-14-30(36)43)32(45)40-29(34(47)48)17-21-18-37-26-4-2-1-3-24(21)26/h1-12,18,25,27-29,37,41-42H,13-17,35H2,(H2,36,43)(H,38,46)(H,39,44)(H,40,45)(H,47,48). The Balaban J connectivity index is 1.51. The summed E-state index contributed by atoms with van der Waals surface area (Å²) in [5.41, 5.74) is 14.1. The minimum atomic E-state index is -1.39. The number of nitrogens with one attached hydrogen (secondary N) is 4. The van der Waals surface area contributed by atoms with Crippen LogP contribution in [0.1, 0.15) is 29.5 Å². The lowest BCUT2D eigenvalue weighted by Gasteiger charge is -2.25. The molecule has 0 bridgehead atoms. The van der Waals surface area contributed by atoms with Gasteiger partial charge in [0.25, 0.3) is 0 Å². The highest BCUT2D eigenvalue weighted by Crippen LogP contribution is 2.19. The first-order valence-electron chi connectivity index (χ1n) is 15.2. The van der Waals surface area contributed by atoms with Crippen LogP contribution >= 0.6 is 0 Å². The molecule has 3 aromatic carbocycles. The number of hydrogen-bond acceptors (Lipinski definition) is 8. The van der Waals surface area contributed by atoms with E-state index in [1.54, 1.807) is 36.5 Å². The number of phenolic OH excluding ortho intramolecular Hbond substituents is 2. The third-order valence-electron chi connectivity index (χ3n) is 7.76. The lowest BCUT2D eigenvalue weighted by Crippen LogP contribution is -2.58. The fourth-order valence-corrected chi connectivity index (χ4v) is 5.15. The number of aliphatic carboxylic acids is 1. The highest BCUT2D eigenvalue weighted by Gasteiger charge is 2.31. The topological polar surface area (TPSA) is 250 Å². The monoisotopic (exact) mass is 658 g/mol. The number of hydrogen-bond donors (Lipinski definition) is 9. The summed E-state index contributed by atoms with van der Waals surface area (Å²) in [7, 11) is 0. The number of amides is 4. The quantitative estimate of drug-likeness (QED) is 0.0822. The second-order valence-electron chi connectivity index (χ2n) is 11.4. The van der Waals surface area contributed by atoms with Crippen LogP contribution in [-0.4, -0.2) is 74.1 Å². The van der Waals surface area contributed by atoms with Crippen molar-refractivity contribution in [3.63, 3.8) is 0 Å². The number of H-pyrrole nitrogens is 1. The normalized spacial score (nSPS) is 13.5. The zero-order valence-electron chi connectivity index (χ0n) is 25.9. The molecule has 4 amide bonds. The van der Waals surface area contributed by atoms with Crippen LogP contribution in [0.15, 0.2) is 79.0 Å². The number of rotatable bonds is 16. The molecule has 4 unspecified atom stereocenters. The third-order valence-corrected chi connectivity index (χ3v) is 7.76. The Morgan fingerprint density at radius 2 is 1.23 bits per heavy atom. The van der Waals surface area contributed by atoms with E-state index in [9.17, 15) is 39.3 Å². The van der Waals surface area contributed by atoms with Crippen molar-refractivity contribution in [2.24, 2.45) is 11.5 Å². The second kappa shape index (κ2) is 16.1. The van der Waals surface area contributed by atoms with Gasteiger partial charge in [-0.15, -0.1) is 0 Å². The number of carbonyl (C=O) groups is 5. The van der Waals surface area contributed by atoms with Gasteiger partial charge < -0.3 is 47.7 Å². The Labute approximate surface area is 275 Å². The number of carboxylic acid groups (broad SMARTS) is 1. The molecule has 48 heavy (non-hydrogen) atoms. The van der Waals surface area contributed by atoms with Gasteiger partial charge in [0.05, 0.1) is 6.04 Å². The molecular formula is C34H38N6O8. The number of primary amides is 1. The SMILES string of the molecule is NC(=O)CCC(NC(=O)C(Cc1ccc(O)cc1)NC(=O)C(N)Cc1ccc(O)cc1)C(=O)NC(Cc1c[nH]c2ccccc12)C(=O)O. The fourth-order valence-electron chi connectivity index (χ4n) is 5.15. The highest BCUT2D eigenvalue weighted by atomic mass is 16.4. The van der Waals surface area contributed by atoms with Crippen molar-refractivity contribution < 1.29 is 39.3 Å². The molecule has 0 spiro atoms. The fraction of sp³-hybridized carbons (Fsp3) is 0.265. The van der Waals surface area contributed by atoms with Crippen molar-refractivity contribution in [1.82, 2.24) is 20.9 Å². The number of nitrogens with two attached hydrogens (primary N) is 2. The molecule has 14 nitrogen and oxygen atoms in total. The van der Waals surface area contributed by atoms with Crippen LogP contribution in [0.4, 0.5) is 0 Å². The molecule has 252 valence electrons. The summed E-state index contributed by atoms with van der Waals surface area (Å²) in [5.74, 6) is -4.37. The predicted molar refractivity (Wildman–Crippen MR) is 175 cm³/mol. The lowest BCUT2D eigenvalue weighted by atomic mass is 10.0. The molecule has 0 saturated carbocycles. The van der Waals surface area contributed by atoms with Crippen LogP contribution in [0.5, 0.6) is 11.5 Å². The van der Waals surface area contributed by atoms with Crippen molar-refractivity contribution in [3.05, 3.63) is 95.7 Å². The maximum Gasteiger partial charge on any atom is 0.326 e. The summed E-state index contributed by atoms with van der Waals surface area (Å²) in [4.78, 5) is 67.2. The number of aromatic amines is 1. The van der Waals surface area contributed by atoms with Crippen LogP contribution in [0, 0.1) is 0 Å². The number of para-hydroxylation sites is 1. The van der Waals surface area contributed by atoms with E-state index in [0.29, 0.717) is 16.7 Å². The first-order chi connectivity index (χ1) is 22.9. The van der Waals surface area contributed by atoms with Gasteiger partial charge in [0.1, 0.15) is 29.6 Å². The Morgan fingerprint density at radius 1 is 0.688 bits per heavy atom. The van der Waals surface area contributed by atoms with Crippen LogP contribution in [0.25, 0.3) is 10.9 Å². The maximum absolute atomic E-state index is 13.7. The lowest BCUT2D eigenvalue weighted by molar-refractivity contribution is -0.142. The Hall–Kier alpha value is -5.89. The van der Waals surface area contributed by atoms with E-state index in [4.69, 9.17) is 11.5 Å². The Bertz CT molecular complexity index is 1760. The molecule has 0 fully saturated rings. The number of aromatic nitrogens is 1. The average Bonchev–Trinajstić information content (AvgIpc) is 3.46. The largest absolute Gasteiger partial charge is 0.508 e. The van der Waals surface area contributed by atoms with Gasteiger partial charge >= 0.3 is 5.97 Å². The molecule has 1 aromatic heterocycles. The first kappa shape index (κ1) is 35.0. The van der Waals surface area contributed by atoms with Crippen LogP contribution in [0.2, 0.25) is 0 Å². The van der Waals surface area contributed by atoms with Gasteiger partial charge in [0.15, 0.2) is 0 Å². The predicted octanol–water partition coefficient (Wildman–Crippen LogP) is 0.739. The third kappa shape index (κ3) is 9.80. The van der Waals surface area contributed by atoms with Crippen molar-refractivity contribution in [2.45, 2.75) is 56.3 Å². The number of aromatic hydroxyl groups is 2. The van der Waals surface area contributed by atoms with Crippen molar-refractivity contribution >= 4 is 40.5 Å². The van der Waals surface area contributed by atoms with E-state index in [-0.39, 0.29) is 43.6 Å². The summed E-state index contributed by atoms with van der Waals surface area (Å²) in [6.07, 6.45) is 1.07.